The maximum absolute atomic E-state index is 11.7. The van der Waals surface area contributed by atoms with Crippen molar-refractivity contribution in [2.24, 2.45) is 0 Å². The third-order valence-electron chi connectivity index (χ3n) is 5.99. The smallest absolute Gasteiger partial charge is 0.198 e. The molecule has 176 valence electrons. The average Bonchev–Trinajstić information content (AvgIpc) is 3.23. The van der Waals surface area contributed by atoms with Crippen LogP contribution in [0, 0.1) is 0 Å². The molecule has 0 unspecified atom stereocenters. The Morgan fingerprint density at radius 2 is 1.74 bits per heavy atom. The van der Waals surface area contributed by atoms with Gasteiger partial charge in [-0.05, 0) is 61.1 Å². The molecule has 1 aliphatic heterocycles. The number of hydrogen-bond acceptors (Lipinski definition) is 7. The van der Waals surface area contributed by atoms with Gasteiger partial charge in [-0.15, -0.1) is 0 Å². The van der Waals surface area contributed by atoms with Crippen molar-refractivity contribution in [3.63, 3.8) is 0 Å². The fourth-order valence-corrected chi connectivity index (χ4v) is 4.70. The van der Waals surface area contributed by atoms with Crippen LogP contribution < -0.4 is 9.64 Å². The topological polar surface area (TPSA) is 80.0 Å². The van der Waals surface area contributed by atoms with Gasteiger partial charge in [0.05, 0.1) is 4.90 Å². The lowest BCUT2D eigenvalue weighted by Gasteiger charge is -2.34. The van der Waals surface area contributed by atoms with E-state index in [0.29, 0.717) is 29.4 Å². The number of ether oxygens (including phenoxy) is 1. The van der Waals surface area contributed by atoms with Gasteiger partial charge in [0.2, 0.25) is 0 Å². The summed E-state index contributed by atoms with van der Waals surface area (Å²) in [6, 6.07) is 18.6. The summed E-state index contributed by atoms with van der Waals surface area (Å²) in [4.78, 5) is 9.74. The number of sulfone groups is 1. The first-order valence-electron chi connectivity index (χ1n) is 11.2. The molecule has 34 heavy (non-hydrogen) atoms. The molecule has 1 fully saturated rings. The number of nitrogens with zero attached hydrogens (tertiary/aromatic N) is 5. The molecule has 0 saturated carbocycles. The third-order valence-corrected chi connectivity index (χ3v) is 7.12. The predicted molar refractivity (Wildman–Crippen MR) is 132 cm³/mol. The molecule has 0 atom stereocenters. The zero-order valence-corrected chi connectivity index (χ0v) is 20.1. The molecule has 8 nitrogen and oxygen atoms in total. The van der Waals surface area contributed by atoms with Crippen LogP contribution in [0.4, 0.5) is 5.69 Å². The van der Waals surface area contributed by atoms with Crippen LogP contribution in [0.3, 0.4) is 0 Å². The van der Waals surface area contributed by atoms with Crippen LogP contribution in [0.2, 0.25) is 0 Å². The van der Waals surface area contributed by atoms with Crippen LogP contribution in [0.15, 0.2) is 71.8 Å². The first-order valence-corrected chi connectivity index (χ1v) is 13.1. The van der Waals surface area contributed by atoms with Crippen molar-refractivity contribution in [1.82, 2.24) is 19.5 Å². The summed E-state index contributed by atoms with van der Waals surface area (Å²) in [7, 11) is -1.10. The van der Waals surface area contributed by atoms with Crippen molar-refractivity contribution < 1.29 is 13.2 Å². The van der Waals surface area contributed by atoms with Crippen LogP contribution in [0.5, 0.6) is 11.5 Å². The number of benzene rings is 2. The number of anilines is 1. The summed E-state index contributed by atoms with van der Waals surface area (Å²) in [5.41, 5.74) is 3.00. The van der Waals surface area contributed by atoms with Gasteiger partial charge in [-0.25, -0.2) is 17.9 Å². The van der Waals surface area contributed by atoms with Gasteiger partial charge < -0.3 is 14.5 Å². The molecular weight excluding hydrogens is 450 g/mol. The Kier molecular flexibility index (Phi) is 5.97. The quantitative estimate of drug-likeness (QED) is 0.422. The predicted octanol–water partition coefficient (Wildman–Crippen LogP) is 3.27. The standard InChI is InChI=1S/C25H27N5O3S/c1-28-13-15-29(16-14-28)20-6-3-5-19(17-20)18-24-26-25-23(7-4-12-30(25)27-24)33-21-8-10-22(11-9-21)34(2,31)32/h3-12,17H,13-16,18H2,1-2H3. The molecule has 4 aromatic rings. The number of likely N-dealkylation sites (N-methyl/N-ethyl adjacent to an activating group) is 1. The summed E-state index contributed by atoms with van der Waals surface area (Å²) in [6.45, 7) is 4.19. The lowest BCUT2D eigenvalue weighted by Crippen LogP contribution is -2.44. The van der Waals surface area contributed by atoms with Crippen LogP contribution in [0.25, 0.3) is 5.65 Å². The molecular formula is C25H27N5O3S. The van der Waals surface area contributed by atoms with Crippen molar-refractivity contribution in [3.05, 3.63) is 78.2 Å². The number of fused-ring (bicyclic) bond motifs is 1. The largest absolute Gasteiger partial charge is 0.453 e. The molecule has 1 saturated heterocycles. The van der Waals surface area contributed by atoms with Gasteiger partial charge in [0.1, 0.15) is 5.75 Å². The molecule has 3 heterocycles. The zero-order chi connectivity index (χ0) is 23.7. The Hall–Kier alpha value is -3.43. The lowest BCUT2D eigenvalue weighted by atomic mass is 10.1. The number of rotatable bonds is 6. The summed E-state index contributed by atoms with van der Waals surface area (Å²) in [5.74, 6) is 1.79. The van der Waals surface area contributed by atoms with Gasteiger partial charge in [-0.3, -0.25) is 0 Å². The minimum Gasteiger partial charge on any atom is -0.453 e. The second-order valence-electron chi connectivity index (χ2n) is 8.65. The SMILES string of the molecule is CN1CCN(c2cccc(Cc3nc4c(Oc5ccc(S(C)(=O)=O)cc5)cccn4n3)c2)CC1. The van der Waals surface area contributed by atoms with E-state index in [1.165, 1.54) is 24.1 Å². The van der Waals surface area contributed by atoms with Crippen LogP contribution >= 0.6 is 0 Å². The van der Waals surface area contributed by atoms with Crippen LogP contribution in [-0.2, 0) is 16.3 Å². The van der Waals surface area contributed by atoms with E-state index in [2.05, 4.69) is 46.2 Å². The first-order chi connectivity index (χ1) is 16.3. The third kappa shape index (κ3) is 4.90. The van der Waals surface area contributed by atoms with Crippen molar-refractivity contribution >= 4 is 21.2 Å². The minimum absolute atomic E-state index is 0.252. The maximum atomic E-state index is 11.7. The fourth-order valence-electron chi connectivity index (χ4n) is 4.07. The molecule has 0 spiro atoms. The van der Waals surface area contributed by atoms with Gasteiger partial charge in [-0.2, -0.15) is 5.10 Å². The summed E-state index contributed by atoms with van der Waals surface area (Å²) >= 11 is 0. The van der Waals surface area contributed by atoms with Crippen molar-refractivity contribution in [3.8, 4) is 11.5 Å². The molecule has 0 N–H and O–H groups in total. The van der Waals surface area contributed by atoms with Gasteiger partial charge in [0, 0.05) is 50.7 Å². The van der Waals surface area contributed by atoms with E-state index in [1.807, 2.05) is 18.3 Å². The van der Waals surface area contributed by atoms with Gasteiger partial charge in [0.15, 0.2) is 27.1 Å². The second-order valence-corrected chi connectivity index (χ2v) is 10.7. The molecule has 5 rings (SSSR count). The Morgan fingerprint density at radius 3 is 2.47 bits per heavy atom. The Morgan fingerprint density at radius 1 is 0.971 bits per heavy atom. The lowest BCUT2D eigenvalue weighted by molar-refractivity contribution is 0.313. The highest BCUT2D eigenvalue weighted by Gasteiger charge is 2.16. The normalized spacial score (nSPS) is 15.1. The average molecular weight is 478 g/mol. The molecule has 0 bridgehead atoms. The molecule has 0 amide bonds. The molecule has 2 aromatic carbocycles. The van der Waals surface area contributed by atoms with Gasteiger partial charge >= 0.3 is 0 Å². The van der Waals surface area contributed by atoms with E-state index < -0.39 is 9.84 Å². The van der Waals surface area contributed by atoms with E-state index in [1.54, 1.807) is 16.6 Å². The highest BCUT2D eigenvalue weighted by Crippen LogP contribution is 2.27. The van der Waals surface area contributed by atoms with E-state index >= 15 is 0 Å². The van der Waals surface area contributed by atoms with E-state index in [4.69, 9.17) is 9.72 Å². The number of aromatic nitrogens is 3. The number of pyridine rings is 1. The fraction of sp³-hybridized carbons (Fsp3) is 0.280. The second kappa shape index (κ2) is 9.08. The molecule has 0 aliphatic carbocycles. The van der Waals surface area contributed by atoms with E-state index in [0.717, 1.165) is 31.7 Å². The maximum Gasteiger partial charge on any atom is 0.198 e. The highest BCUT2D eigenvalue weighted by molar-refractivity contribution is 7.90. The Labute approximate surface area is 199 Å². The summed E-state index contributed by atoms with van der Waals surface area (Å²) in [5, 5.41) is 4.63. The first kappa shape index (κ1) is 22.4. The van der Waals surface area contributed by atoms with Crippen LogP contribution in [-0.4, -0.2) is 67.4 Å². The number of piperazine rings is 1. The van der Waals surface area contributed by atoms with E-state index in [9.17, 15) is 8.42 Å². The van der Waals surface area contributed by atoms with Gasteiger partial charge in [0.25, 0.3) is 0 Å². The molecule has 0 radical (unpaired) electrons. The Bertz CT molecular complexity index is 1410. The zero-order valence-electron chi connectivity index (χ0n) is 19.3. The number of hydrogen-bond donors (Lipinski definition) is 0. The molecule has 1 aliphatic rings. The molecule has 2 aromatic heterocycles. The van der Waals surface area contributed by atoms with Crippen molar-refractivity contribution in [1.29, 1.82) is 0 Å². The summed E-state index contributed by atoms with van der Waals surface area (Å²) in [6.07, 6.45) is 3.64. The van der Waals surface area contributed by atoms with Gasteiger partial charge in [-0.1, -0.05) is 12.1 Å². The Balaban J connectivity index is 1.35. The minimum atomic E-state index is -3.25. The summed E-state index contributed by atoms with van der Waals surface area (Å²) < 4.78 is 31.1. The van der Waals surface area contributed by atoms with E-state index in [-0.39, 0.29) is 4.90 Å². The van der Waals surface area contributed by atoms with Crippen molar-refractivity contribution in [2.75, 3.05) is 44.4 Å². The van der Waals surface area contributed by atoms with Crippen LogP contribution in [0.1, 0.15) is 11.4 Å². The molecule has 9 heteroatoms. The highest BCUT2D eigenvalue weighted by atomic mass is 32.2. The monoisotopic (exact) mass is 477 g/mol. The van der Waals surface area contributed by atoms with Crippen molar-refractivity contribution in [2.45, 2.75) is 11.3 Å².